The predicted molar refractivity (Wildman–Crippen MR) is 76.5 cm³/mol. The predicted octanol–water partition coefficient (Wildman–Crippen LogP) is 1.80. The summed E-state index contributed by atoms with van der Waals surface area (Å²) in [7, 11) is -3.35. The second-order valence-corrected chi connectivity index (χ2v) is 6.67. The molecule has 0 spiro atoms. The lowest BCUT2D eigenvalue weighted by molar-refractivity contribution is 0.580. The van der Waals surface area contributed by atoms with E-state index >= 15 is 0 Å². The topological polar surface area (TPSA) is 58.2 Å². The quantitative estimate of drug-likeness (QED) is 0.802. The first-order valence-electron chi connectivity index (χ1n) is 6.91. The van der Waals surface area contributed by atoms with Gasteiger partial charge >= 0.3 is 0 Å². The van der Waals surface area contributed by atoms with Gasteiger partial charge in [-0.2, -0.15) is 0 Å². The molecular weight excluding hydrogens is 260 g/mol. The number of aryl methyl sites for hydroxylation is 1. The van der Waals surface area contributed by atoms with Crippen LogP contribution in [0.25, 0.3) is 0 Å². The number of sulfonamides is 1. The number of nitrogens with one attached hydrogen (secondary N) is 2. The third-order valence-electron chi connectivity index (χ3n) is 3.33. The Kier molecular flexibility index (Phi) is 4.60. The average Bonchev–Trinajstić information content (AvgIpc) is 3.19. The van der Waals surface area contributed by atoms with Crippen LogP contribution in [0.15, 0.2) is 23.1 Å². The molecule has 2 rings (SSSR count). The molecule has 0 amide bonds. The van der Waals surface area contributed by atoms with E-state index in [4.69, 9.17) is 0 Å². The van der Waals surface area contributed by atoms with Gasteiger partial charge in [0, 0.05) is 12.6 Å². The Labute approximate surface area is 115 Å². The molecule has 1 aromatic rings. The molecule has 1 fully saturated rings. The van der Waals surface area contributed by atoms with Crippen LogP contribution in [-0.4, -0.2) is 21.0 Å². The molecule has 0 saturated heterocycles. The Balaban J connectivity index is 2.25. The summed E-state index contributed by atoms with van der Waals surface area (Å²) in [5.41, 5.74) is 2.27. The van der Waals surface area contributed by atoms with Crippen LogP contribution >= 0.6 is 0 Å². The summed E-state index contributed by atoms with van der Waals surface area (Å²) < 4.78 is 27.1. The molecule has 0 aliphatic heterocycles. The van der Waals surface area contributed by atoms with Crippen molar-refractivity contribution in [1.82, 2.24) is 10.0 Å². The van der Waals surface area contributed by atoms with Crippen LogP contribution in [-0.2, 0) is 23.0 Å². The Bertz CT molecular complexity index is 536. The lowest BCUT2D eigenvalue weighted by Gasteiger charge is -2.12. The maximum atomic E-state index is 12.2. The van der Waals surface area contributed by atoms with Crippen molar-refractivity contribution in [2.75, 3.05) is 6.54 Å². The molecule has 1 aromatic carbocycles. The van der Waals surface area contributed by atoms with Gasteiger partial charge in [0.2, 0.25) is 10.0 Å². The minimum atomic E-state index is -3.35. The highest BCUT2D eigenvalue weighted by atomic mass is 32.2. The van der Waals surface area contributed by atoms with Gasteiger partial charge in [0.15, 0.2) is 0 Å². The molecule has 106 valence electrons. The van der Waals surface area contributed by atoms with Crippen LogP contribution in [0.1, 0.15) is 37.8 Å². The minimum Gasteiger partial charge on any atom is -0.313 e. The summed E-state index contributed by atoms with van der Waals surface area (Å²) >= 11 is 0. The van der Waals surface area contributed by atoms with Crippen LogP contribution in [0.3, 0.4) is 0 Å². The maximum Gasteiger partial charge on any atom is 0.240 e. The third kappa shape index (κ3) is 3.78. The van der Waals surface area contributed by atoms with Crippen molar-refractivity contribution in [3.63, 3.8) is 0 Å². The molecule has 2 N–H and O–H groups in total. The summed E-state index contributed by atoms with van der Waals surface area (Å²) in [5, 5.41) is 3.26. The SMILES string of the molecule is CCNCc1cc(S(=O)(=O)NC2CC2)ccc1CC. The molecule has 0 unspecified atom stereocenters. The molecule has 1 aliphatic carbocycles. The van der Waals surface area contributed by atoms with Gasteiger partial charge in [-0.05, 0) is 49.1 Å². The second-order valence-electron chi connectivity index (χ2n) is 4.96. The van der Waals surface area contributed by atoms with E-state index < -0.39 is 10.0 Å². The minimum absolute atomic E-state index is 0.146. The van der Waals surface area contributed by atoms with Crippen molar-refractivity contribution in [3.8, 4) is 0 Å². The third-order valence-corrected chi connectivity index (χ3v) is 4.85. The van der Waals surface area contributed by atoms with Crippen LogP contribution < -0.4 is 10.0 Å². The van der Waals surface area contributed by atoms with Gasteiger partial charge in [-0.3, -0.25) is 0 Å². The molecule has 19 heavy (non-hydrogen) atoms. The van der Waals surface area contributed by atoms with Crippen molar-refractivity contribution < 1.29 is 8.42 Å². The number of hydrogen-bond acceptors (Lipinski definition) is 3. The maximum absolute atomic E-state index is 12.2. The Morgan fingerprint density at radius 3 is 2.53 bits per heavy atom. The molecule has 0 bridgehead atoms. The van der Waals surface area contributed by atoms with Crippen molar-refractivity contribution in [2.45, 2.75) is 50.6 Å². The van der Waals surface area contributed by atoms with Gasteiger partial charge in [-0.1, -0.05) is 19.9 Å². The summed E-state index contributed by atoms with van der Waals surface area (Å²) in [6.45, 7) is 5.72. The smallest absolute Gasteiger partial charge is 0.240 e. The van der Waals surface area contributed by atoms with Gasteiger partial charge < -0.3 is 5.32 Å². The second kappa shape index (κ2) is 6.03. The van der Waals surface area contributed by atoms with E-state index in [-0.39, 0.29) is 6.04 Å². The lowest BCUT2D eigenvalue weighted by atomic mass is 10.1. The molecule has 0 aromatic heterocycles. The molecule has 4 nitrogen and oxygen atoms in total. The van der Waals surface area contributed by atoms with Crippen LogP contribution in [0.2, 0.25) is 0 Å². The van der Waals surface area contributed by atoms with Crippen molar-refractivity contribution in [3.05, 3.63) is 29.3 Å². The van der Waals surface area contributed by atoms with Crippen LogP contribution in [0.4, 0.5) is 0 Å². The number of rotatable bonds is 7. The van der Waals surface area contributed by atoms with E-state index in [0.717, 1.165) is 31.4 Å². The zero-order valence-corrected chi connectivity index (χ0v) is 12.4. The van der Waals surface area contributed by atoms with Crippen LogP contribution in [0.5, 0.6) is 0 Å². The van der Waals surface area contributed by atoms with Gasteiger partial charge in [0.1, 0.15) is 0 Å². The summed E-state index contributed by atoms with van der Waals surface area (Å²) in [5.74, 6) is 0. The highest BCUT2D eigenvalue weighted by molar-refractivity contribution is 7.89. The Morgan fingerprint density at radius 2 is 1.95 bits per heavy atom. The van der Waals surface area contributed by atoms with Gasteiger partial charge in [0.25, 0.3) is 0 Å². The first-order valence-corrected chi connectivity index (χ1v) is 8.40. The zero-order chi connectivity index (χ0) is 13.9. The fourth-order valence-corrected chi connectivity index (χ4v) is 3.38. The van der Waals surface area contributed by atoms with Crippen molar-refractivity contribution in [2.24, 2.45) is 0 Å². The van der Waals surface area contributed by atoms with E-state index in [1.165, 1.54) is 5.56 Å². The monoisotopic (exact) mass is 282 g/mol. The first-order chi connectivity index (χ1) is 9.06. The van der Waals surface area contributed by atoms with Crippen LogP contribution in [0, 0.1) is 0 Å². The number of hydrogen-bond donors (Lipinski definition) is 2. The molecule has 5 heteroatoms. The van der Waals surface area contributed by atoms with E-state index in [0.29, 0.717) is 11.4 Å². The first kappa shape index (κ1) is 14.5. The van der Waals surface area contributed by atoms with E-state index in [9.17, 15) is 8.42 Å². The van der Waals surface area contributed by atoms with Gasteiger partial charge in [-0.15, -0.1) is 0 Å². The fourth-order valence-electron chi connectivity index (χ4n) is 2.03. The Hall–Kier alpha value is -0.910. The largest absolute Gasteiger partial charge is 0.313 e. The molecule has 1 aliphatic rings. The highest BCUT2D eigenvalue weighted by Crippen LogP contribution is 2.23. The highest BCUT2D eigenvalue weighted by Gasteiger charge is 2.28. The normalized spacial score (nSPS) is 15.7. The standard InChI is InChI=1S/C14H22N2O2S/c1-3-11-5-8-14(9-12(11)10-15-4-2)19(17,18)16-13-6-7-13/h5,8-9,13,15-16H,3-4,6-7,10H2,1-2H3. The lowest BCUT2D eigenvalue weighted by Crippen LogP contribution is -2.26. The summed E-state index contributed by atoms with van der Waals surface area (Å²) in [4.78, 5) is 0.379. The fraction of sp³-hybridized carbons (Fsp3) is 0.571. The molecule has 0 atom stereocenters. The summed E-state index contributed by atoms with van der Waals surface area (Å²) in [6, 6.07) is 5.58. The number of benzene rings is 1. The van der Waals surface area contributed by atoms with Gasteiger partial charge in [-0.25, -0.2) is 13.1 Å². The summed E-state index contributed by atoms with van der Waals surface area (Å²) in [6.07, 6.45) is 2.82. The molecule has 0 radical (unpaired) electrons. The molecule has 1 saturated carbocycles. The van der Waals surface area contributed by atoms with E-state index in [2.05, 4.69) is 17.0 Å². The average molecular weight is 282 g/mol. The van der Waals surface area contributed by atoms with Crippen molar-refractivity contribution in [1.29, 1.82) is 0 Å². The molecule has 0 heterocycles. The van der Waals surface area contributed by atoms with E-state index in [1.54, 1.807) is 12.1 Å². The van der Waals surface area contributed by atoms with Crippen molar-refractivity contribution >= 4 is 10.0 Å². The Morgan fingerprint density at radius 1 is 1.21 bits per heavy atom. The molecular formula is C14H22N2O2S. The van der Waals surface area contributed by atoms with Gasteiger partial charge in [0.05, 0.1) is 4.90 Å². The zero-order valence-electron chi connectivity index (χ0n) is 11.6. The van der Waals surface area contributed by atoms with E-state index in [1.807, 2.05) is 13.0 Å².